The molecule has 0 aromatic carbocycles. The molecule has 5 nitrogen and oxygen atoms in total. The predicted octanol–water partition coefficient (Wildman–Crippen LogP) is 1.73. The standard InChI is InChI=1S/C13H19N3O2/c1-2-4-11-6-7-12(15-14-11)16-8-3-5-10(9-16)13(17)18/h6-7,10H,2-5,8-9H2,1H3,(H,17,18). The van der Waals surface area contributed by atoms with Crippen molar-refractivity contribution < 1.29 is 9.90 Å². The fourth-order valence-corrected chi connectivity index (χ4v) is 2.30. The first kappa shape index (κ1) is 12.8. The van der Waals surface area contributed by atoms with Gasteiger partial charge in [-0.1, -0.05) is 13.3 Å². The van der Waals surface area contributed by atoms with Gasteiger partial charge in [-0.2, -0.15) is 5.10 Å². The van der Waals surface area contributed by atoms with Gasteiger partial charge in [0, 0.05) is 13.1 Å². The average molecular weight is 249 g/mol. The Morgan fingerprint density at radius 3 is 2.94 bits per heavy atom. The summed E-state index contributed by atoms with van der Waals surface area (Å²) in [6, 6.07) is 3.93. The zero-order chi connectivity index (χ0) is 13.0. The van der Waals surface area contributed by atoms with Crippen LogP contribution in [0.3, 0.4) is 0 Å². The Bertz CT molecular complexity index is 405. The first-order valence-electron chi connectivity index (χ1n) is 6.51. The fourth-order valence-electron chi connectivity index (χ4n) is 2.30. The van der Waals surface area contributed by atoms with E-state index >= 15 is 0 Å². The lowest BCUT2D eigenvalue weighted by Crippen LogP contribution is -2.39. The van der Waals surface area contributed by atoms with Crippen molar-refractivity contribution in [2.45, 2.75) is 32.6 Å². The molecule has 1 atom stereocenters. The lowest BCUT2D eigenvalue weighted by molar-refractivity contribution is -0.141. The molecule has 5 heteroatoms. The number of anilines is 1. The van der Waals surface area contributed by atoms with Gasteiger partial charge in [0.25, 0.3) is 0 Å². The van der Waals surface area contributed by atoms with Gasteiger partial charge in [0.05, 0.1) is 11.6 Å². The van der Waals surface area contributed by atoms with Crippen molar-refractivity contribution in [1.29, 1.82) is 0 Å². The second-order valence-corrected chi connectivity index (χ2v) is 4.76. The molecule has 1 aromatic rings. The second kappa shape index (κ2) is 5.80. The minimum atomic E-state index is -0.713. The van der Waals surface area contributed by atoms with Crippen molar-refractivity contribution in [1.82, 2.24) is 10.2 Å². The molecule has 1 fully saturated rings. The number of carboxylic acids is 1. The highest BCUT2D eigenvalue weighted by atomic mass is 16.4. The monoisotopic (exact) mass is 249 g/mol. The van der Waals surface area contributed by atoms with Gasteiger partial charge in [-0.15, -0.1) is 5.10 Å². The fraction of sp³-hybridized carbons (Fsp3) is 0.615. The van der Waals surface area contributed by atoms with Crippen molar-refractivity contribution in [3.63, 3.8) is 0 Å². The molecule has 2 heterocycles. The molecule has 0 bridgehead atoms. The smallest absolute Gasteiger partial charge is 0.308 e. The van der Waals surface area contributed by atoms with Crippen LogP contribution in [-0.2, 0) is 11.2 Å². The van der Waals surface area contributed by atoms with Crippen LogP contribution in [0.2, 0.25) is 0 Å². The summed E-state index contributed by atoms with van der Waals surface area (Å²) in [5, 5.41) is 17.4. The number of aryl methyl sites for hydroxylation is 1. The van der Waals surface area contributed by atoms with E-state index in [1.54, 1.807) is 0 Å². The summed E-state index contributed by atoms with van der Waals surface area (Å²) in [6.07, 6.45) is 3.65. The summed E-state index contributed by atoms with van der Waals surface area (Å²) in [5.41, 5.74) is 0.994. The molecule has 1 aliphatic rings. The largest absolute Gasteiger partial charge is 0.481 e. The maximum absolute atomic E-state index is 11.0. The minimum absolute atomic E-state index is 0.282. The van der Waals surface area contributed by atoms with E-state index in [0.717, 1.165) is 43.7 Å². The van der Waals surface area contributed by atoms with Crippen LogP contribution in [-0.4, -0.2) is 34.4 Å². The predicted molar refractivity (Wildman–Crippen MR) is 68.6 cm³/mol. The Hall–Kier alpha value is -1.65. The van der Waals surface area contributed by atoms with Crippen LogP contribution in [0.15, 0.2) is 12.1 Å². The van der Waals surface area contributed by atoms with Gasteiger partial charge in [0.1, 0.15) is 0 Å². The molecule has 1 unspecified atom stereocenters. The molecule has 2 rings (SSSR count). The van der Waals surface area contributed by atoms with E-state index in [0.29, 0.717) is 6.54 Å². The highest BCUT2D eigenvalue weighted by Gasteiger charge is 2.26. The van der Waals surface area contributed by atoms with E-state index in [9.17, 15) is 4.79 Å². The van der Waals surface area contributed by atoms with E-state index in [2.05, 4.69) is 17.1 Å². The van der Waals surface area contributed by atoms with Crippen molar-refractivity contribution in [2.24, 2.45) is 5.92 Å². The normalized spacial score (nSPS) is 19.8. The minimum Gasteiger partial charge on any atom is -0.481 e. The van der Waals surface area contributed by atoms with E-state index in [-0.39, 0.29) is 5.92 Å². The summed E-state index contributed by atoms with van der Waals surface area (Å²) in [6.45, 7) is 3.51. The maximum Gasteiger partial charge on any atom is 0.308 e. The second-order valence-electron chi connectivity index (χ2n) is 4.76. The Kier molecular flexibility index (Phi) is 4.12. The molecule has 0 spiro atoms. The third-order valence-electron chi connectivity index (χ3n) is 3.31. The molecular weight excluding hydrogens is 230 g/mol. The van der Waals surface area contributed by atoms with Crippen LogP contribution in [0.5, 0.6) is 0 Å². The summed E-state index contributed by atoms with van der Waals surface area (Å²) in [7, 11) is 0. The molecule has 1 N–H and O–H groups in total. The van der Waals surface area contributed by atoms with Crippen LogP contribution >= 0.6 is 0 Å². The zero-order valence-corrected chi connectivity index (χ0v) is 10.7. The first-order valence-corrected chi connectivity index (χ1v) is 6.51. The van der Waals surface area contributed by atoms with Gasteiger partial charge < -0.3 is 10.0 Å². The van der Waals surface area contributed by atoms with Gasteiger partial charge in [-0.25, -0.2) is 0 Å². The highest BCUT2D eigenvalue weighted by Crippen LogP contribution is 2.21. The third kappa shape index (κ3) is 2.97. The van der Waals surface area contributed by atoms with Crippen molar-refractivity contribution >= 4 is 11.8 Å². The van der Waals surface area contributed by atoms with E-state index < -0.39 is 5.97 Å². The van der Waals surface area contributed by atoms with Crippen molar-refractivity contribution in [3.8, 4) is 0 Å². The lowest BCUT2D eigenvalue weighted by atomic mass is 9.98. The molecule has 0 saturated carbocycles. The number of piperidine rings is 1. The quantitative estimate of drug-likeness (QED) is 0.880. The molecule has 1 saturated heterocycles. The van der Waals surface area contributed by atoms with Gasteiger partial charge in [0.15, 0.2) is 5.82 Å². The molecule has 0 aliphatic carbocycles. The first-order chi connectivity index (χ1) is 8.70. The number of carbonyl (C=O) groups is 1. The third-order valence-corrected chi connectivity index (χ3v) is 3.31. The number of carboxylic acid groups (broad SMARTS) is 1. The van der Waals surface area contributed by atoms with Crippen molar-refractivity contribution in [2.75, 3.05) is 18.0 Å². The highest BCUT2D eigenvalue weighted by molar-refractivity contribution is 5.71. The van der Waals surface area contributed by atoms with Gasteiger partial charge in [0.2, 0.25) is 0 Å². The van der Waals surface area contributed by atoms with Crippen LogP contribution in [0, 0.1) is 5.92 Å². The summed E-state index contributed by atoms with van der Waals surface area (Å²) in [4.78, 5) is 13.0. The Morgan fingerprint density at radius 2 is 2.33 bits per heavy atom. The van der Waals surface area contributed by atoms with E-state index in [4.69, 9.17) is 5.11 Å². The van der Waals surface area contributed by atoms with E-state index in [1.807, 2.05) is 17.0 Å². The topological polar surface area (TPSA) is 66.3 Å². The number of hydrogen-bond acceptors (Lipinski definition) is 4. The summed E-state index contributed by atoms with van der Waals surface area (Å²) < 4.78 is 0. The number of nitrogens with zero attached hydrogens (tertiary/aromatic N) is 3. The molecule has 0 radical (unpaired) electrons. The summed E-state index contributed by atoms with van der Waals surface area (Å²) in [5.74, 6) is -0.202. The number of rotatable bonds is 4. The zero-order valence-electron chi connectivity index (χ0n) is 10.7. The van der Waals surface area contributed by atoms with Crippen LogP contribution in [0.1, 0.15) is 31.9 Å². The van der Waals surface area contributed by atoms with Crippen LogP contribution < -0.4 is 4.90 Å². The molecule has 1 aliphatic heterocycles. The molecule has 18 heavy (non-hydrogen) atoms. The van der Waals surface area contributed by atoms with Crippen LogP contribution in [0.25, 0.3) is 0 Å². The number of hydrogen-bond donors (Lipinski definition) is 1. The maximum atomic E-state index is 11.0. The molecule has 0 amide bonds. The SMILES string of the molecule is CCCc1ccc(N2CCCC(C(=O)O)C2)nn1. The molecular formula is C13H19N3O2. The van der Waals surface area contributed by atoms with Gasteiger partial charge >= 0.3 is 5.97 Å². The Labute approximate surface area is 107 Å². The Morgan fingerprint density at radius 1 is 1.50 bits per heavy atom. The summed E-state index contributed by atoms with van der Waals surface area (Å²) >= 11 is 0. The van der Waals surface area contributed by atoms with Gasteiger partial charge in [-0.3, -0.25) is 4.79 Å². The lowest BCUT2D eigenvalue weighted by Gasteiger charge is -2.31. The van der Waals surface area contributed by atoms with Gasteiger partial charge in [-0.05, 0) is 31.4 Å². The van der Waals surface area contributed by atoms with Crippen molar-refractivity contribution in [3.05, 3.63) is 17.8 Å². The molecule has 1 aromatic heterocycles. The number of aromatic nitrogens is 2. The Balaban J connectivity index is 2.04. The number of aliphatic carboxylic acids is 1. The van der Waals surface area contributed by atoms with Crippen LogP contribution in [0.4, 0.5) is 5.82 Å². The van der Waals surface area contributed by atoms with E-state index in [1.165, 1.54) is 0 Å². The molecule has 98 valence electrons. The average Bonchev–Trinajstić information content (AvgIpc) is 2.40.